The van der Waals surface area contributed by atoms with Gasteiger partial charge < -0.3 is 21.1 Å². The summed E-state index contributed by atoms with van der Waals surface area (Å²) in [5.41, 5.74) is 8.67. The maximum Gasteiger partial charge on any atom is 0.151 e. The number of anilines is 1. The lowest BCUT2D eigenvalue weighted by Crippen LogP contribution is -2.35. The number of aromatic amines is 1. The fourth-order valence-corrected chi connectivity index (χ4v) is 3.40. The second-order valence-electron chi connectivity index (χ2n) is 6.67. The number of nitrogens with two attached hydrogens (primary N) is 1. The van der Waals surface area contributed by atoms with Gasteiger partial charge in [0.15, 0.2) is 5.82 Å². The van der Waals surface area contributed by atoms with Crippen LogP contribution in [0.3, 0.4) is 0 Å². The van der Waals surface area contributed by atoms with E-state index in [1.165, 1.54) is 0 Å². The summed E-state index contributed by atoms with van der Waals surface area (Å²) < 4.78 is 0. The van der Waals surface area contributed by atoms with Crippen LogP contribution >= 0.6 is 0 Å². The van der Waals surface area contributed by atoms with Crippen LogP contribution in [-0.4, -0.2) is 57.7 Å². The predicted octanol–water partition coefficient (Wildman–Crippen LogP) is 1.37. The van der Waals surface area contributed by atoms with E-state index in [1.807, 2.05) is 24.3 Å². The summed E-state index contributed by atoms with van der Waals surface area (Å²) >= 11 is 0. The smallest absolute Gasteiger partial charge is 0.151 e. The molecule has 5 N–H and O–H groups in total. The number of H-pyrrole nitrogens is 1. The monoisotopic (exact) mass is 365 g/mol. The molecule has 1 fully saturated rings. The first-order chi connectivity index (χ1) is 13.2. The number of hydrogen-bond donors (Lipinski definition) is 4. The third-order valence-electron chi connectivity index (χ3n) is 4.85. The number of nitrogens with one attached hydrogen (secondary N) is 2. The Balaban J connectivity index is 1.48. The lowest BCUT2D eigenvalue weighted by atomic mass is 10.0. The molecule has 1 aliphatic rings. The standard InChI is InChI=1S/C19H23N7O/c20-6-7-21-15-5-8-26(12-15)19-4-3-17(24-25-19)16-2-1-13(9-18(16)27)14-10-22-23-11-14/h1-4,9-11,15,21,27H,5-8,12,20H2,(H,22,23). The summed E-state index contributed by atoms with van der Waals surface area (Å²) in [7, 11) is 0. The zero-order chi connectivity index (χ0) is 18.6. The molecule has 140 valence electrons. The highest BCUT2D eigenvalue weighted by Gasteiger charge is 2.23. The van der Waals surface area contributed by atoms with Crippen molar-refractivity contribution in [2.45, 2.75) is 12.5 Å². The number of aromatic nitrogens is 4. The molecule has 1 aliphatic heterocycles. The third-order valence-corrected chi connectivity index (χ3v) is 4.85. The minimum absolute atomic E-state index is 0.169. The fraction of sp³-hybridized carbons (Fsp3) is 0.316. The molecule has 8 heteroatoms. The molecule has 2 aromatic heterocycles. The van der Waals surface area contributed by atoms with Gasteiger partial charge in [-0.2, -0.15) is 5.10 Å². The molecule has 0 spiro atoms. The van der Waals surface area contributed by atoms with Crippen LogP contribution in [0, 0.1) is 0 Å². The number of rotatable bonds is 6. The molecule has 0 bridgehead atoms. The van der Waals surface area contributed by atoms with Crippen LogP contribution in [0.5, 0.6) is 5.75 Å². The van der Waals surface area contributed by atoms with Gasteiger partial charge >= 0.3 is 0 Å². The molecule has 0 amide bonds. The maximum atomic E-state index is 10.4. The van der Waals surface area contributed by atoms with E-state index < -0.39 is 0 Å². The molecule has 1 saturated heterocycles. The number of nitrogens with zero attached hydrogens (tertiary/aromatic N) is 4. The highest BCUT2D eigenvalue weighted by atomic mass is 16.3. The van der Waals surface area contributed by atoms with Crippen molar-refractivity contribution in [1.29, 1.82) is 0 Å². The van der Waals surface area contributed by atoms with Gasteiger partial charge in [0.25, 0.3) is 0 Å². The van der Waals surface area contributed by atoms with Crippen LogP contribution < -0.4 is 16.0 Å². The van der Waals surface area contributed by atoms with Gasteiger partial charge in [-0.15, -0.1) is 10.2 Å². The van der Waals surface area contributed by atoms with Gasteiger partial charge in [0.2, 0.25) is 0 Å². The van der Waals surface area contributed by atoms with Crippen molar-refractivity contribution in [1.82, 2.24) is 25.7 Å². The number of benzene rings is 1. The molecular weight excluding hydrogens is 342 g/mol. The lowest BCUT2D eigenvalue weighted by Gasteiger charge is -2.17. The Kier molecular flexibility index (Phi) is 4.99. The van der Waals surface area contributed by atoms with E-state index in [2.05, 4.69) is 30.6 Å². The van der Waals surface area contributed by atoms with E-state index in [9.17, 15) is 5.11 Å². The molecule has 0 radical (unpaired) electrons. The maximum absolute atomic E-state index is 10.4. The van der Waals surface area contributed by atoms with Crippen LogP contribution in [0.25, 0.3) is 22.4 Å². The average Bonchev–Trinajstić information content (AvgIpc) is 3.39. The van der Waals surface area contributed by atoms with E-state index in [-0.39, 0.29) is 5.75 Å². The summed E-state index contributed by atoms with van der Waals surface area (Å²) in [5.74, 6) is 1.02. The van der Waals surface area contributed by atoms with Crippen molar-refractivity contribution in [3.05, 3.63) is 42.7 Å². The lowest BCUT2D eigenvalue weighted by molar-refractivity contribution is 0.477. The van der Waals surface area contributed by atoms with Crippen molar-refractivity contribution in [2.24, 2.45) is 5.73 Å². The van der Waals surface area contributed by atoms with Gasteiger partial charge in [-0.3, -0.25) is 5.10 Å². The van der Waals surface area contributed by atoms with Gasteiger partial charge in [0.05, 0.1) is 11.9 Å². The Morgan fingerprint density at radius 2 is 2.15 bits per heavy atom. The van der Waals surface area contributed by atoms with E-state index in [1.54, 1.807) is 18.5 Å². The van der Waals surface area contributed by atoms with E-state index in [0.717, 1.165) is 43.0 Å². The van der Waals surface area contributed by atoms with Gasteiger partial charge in [0.1, 0.15) is 5.75 Å². The Morgan fingerprint density at radius 3 is 2.85 bits per heavy atom. The predicted molar refractivity (Wildman–Crippen MR) is 104 cm³/mol. The van der Waals surface area contributed by atoms with Crippen LogP contribution in [0.15, 0.2) is 42.7 Å². The van der Waals surface area contributed by atoms with E-state index in [0.29, 0.717) is 23.8 Å². The molecule has 8 nitrogen and oxygen atoms in total. The zero-order valence-corrected chi connectivity index (χ0v) is 15.0. The molecular formula is C19H23N7O. The third kappa shape index (κ3) is 3.76. The molecule has 1 atom stereocenters. The molecule has 1 unspecified atom stereocenters. The molecule has 27 heavy (non-hydrogen) atoms. The molecule has 0 saturated carbocycles. The van der Waals surface area contributed by atoms with E-state index >= 15 is 0 Å². The highest BCUT2D eigenvalue weighted by Crippen LogP contribution is 2.32. The fourth-order valence-electron chi connectivity index (χ4n) is 3.40. The second-order valence-corrected chi connectivity index (χ2v) is 6.67. The summed E-state index contributed by atoms with van der Waals surface area (Å²) in [6, 6.07) is 9.79. The average molecular weight is 365 g/mol. The van der Waals surface area contributed by atoms with Crippen LogP contribution in [0.4, 0.5) is 5.82 Å². The number of phenolic OH excluding ortho intramolecular Hbond substituents is 1. The Morgan fingerprint density at radius 1 is 1.22 bits per heavy atom. The summed E-state index contributed by atoms with van der Waals surface area (Å²) in [6.07, 6.45) is 4.57. The summed E-state index contributed by atoms with van der Waals surface area (Å²) in [4.78, 5) is 2.22. The second kappa shape index (κ2) is 7.73. The van der Waals surface area contributed by atoms with Crippen molar-refractivity contribution >= 4 is 5.82 Å². The van der Waals surface area contributed by atoms with Crippen LogP contribution in [0.2, 0.25) is 0 Å². The Labute approximate surface area is 157 Å². The topological polar surface area (TPSA) is 116 Å². The molecule has 3 aromatic rings. The Hall–Kier alpha value is -2.97. The SMILES string of the molecule is NCCNC1CCN(c2ccc(-c3ccc(-c4cn[nH]c4)cc3O)nn2)C1. The van der Waals surface area contributed by atoms with Crippen molar-refractivity contribution < 1.29 is 5.11 Å². The largest absolute Gasteiger partial charge is 0.507 e. The molecule has 1 aromatic carbocycles. The van der Waals surface area contributed by atoms with E-state index in [4.69, 9.17) is 5.73 Å². The molecule has 0 aliphatic carbocycles. The minimum atomic E-state index is 0.169. The normalized spacial score (nSPS) is 16.8. The first kappa shape index (κ1) is 17.4. The minimum Gasteiger partial charge on any atom is -0.507 e. The molecule has 4 rings (SSSR count). The summed E-state index contributed by atoms with van der Waals surface area (Å²) in [6.45, 7) is 3.32. The first-order valence-electron chi connectivity index (χ1n) is 9.09. The van der Waals surface area contributed by atoms with Crippen molar-refractivity contribution in [3.63, 3.8) is 0 Å². The Bertz CT molecular complexity index is 880. The number of aromatic hydroxyl groups is 1. The zero-order valence-electron chi connectivity index (χ0n) is 15.0. The first-order valence-corrected chi connectivity index (χ1v) is 9.09. The van der Waals surface area contributed by atoms with Crippen LogP contribution in [0.1, 0.15) is 6.42 Å². The van der Waals surface area contributed by atoms with Gasteiger partial charge in [-0.05, 0) is 36.2 Å². The number of phenols is 1. The van der Waals surface area contributed by atoms with Crippen LogP contribution in [-0.2, 0) is 0 Å². The van der Waals surface area contributed by atoms with Gasteiger partial charge in [-0.1, -0.05) is 6.07 Å². The van der Waals surface area contributed by atoms with Gasteiger partial charge in [0, 0.05) is 49.5 Å². The number of hydrogen-bond acceptors (Lipinski definition) is 7. The van der Waals surface area contributed by atoms with Crippen molar-refractivity contribution in [3.8, 4) is 28.1 Å². The molecule has 3 heterocycles. The van der Waals surface area contributed by atoms with Crippen molar-refractivity contribution in [2.75, 3.05) is 31.1 Å². The van der Waals surface area contributed by atoms with Gasteiger partial charge in [-0.25, -0.2) is 0 Å². The highest BCUT2D eigenvalue weighted by molar-refractivity contribution is 5.73. The quantitative estimate of drug-likeness (QED) is 0.521. The summed E-state index contributed by atoms with van der Waals surface area (Å²) in [5, 5.41) is 29.2.